The molecule has 3 nitrogen and oxygen atoms in total. The molecule has 21 heavy (non-hydrogen) atoms. The minimum absolute atomic E-state index is 0.0550. The van der Waals surface area contributed by atoms with Crippen LogP contribution in [0.15, 0.2) is 0 Å². The minimum Gasteiger partial charge on any atom is -0.203 e. The Kier molecular flexibility index (Phi) is 5.46. The Labute approximate surface area is 115 Å². The van der Waals surface area contributed by atoms with Gasteiger partial charge in [0.1, 0.15) is 6.66 Å². The Balaban J connectivity index is 2.80. The summed E-state index contributed by atoms with van der Waals surface area (Å²) in [6, 6.07) is 0. The summed E-state index contributed by atoms with van der Waals surface area (Å²) in [7, 11) is -3.35. The predicted octanol–water partition coefficient (Wildman–Crippen LogP) is 4.00. The van der Waals surface area contributed by atoms with Gasteiger partial charge in [0.25, 0.3) is 0 Å². The summed E-state index contributed by atoms with van der Waals surface area (Å²) in [6.07, 6.45) is -4.54. The first-order valence-electron chi connectivity index (χ1n) is 5.57. The molecule has 1 aliphatic heterocycles. The molecule has 1 saturated heterocycles. The van der Waals surface area contributed by atoms with Gasteiger partial charge in [0.05, 0.1) is 13.2 Å². The van der Waals surface area contributed by atoms with Crippen LogP contribution in [0.4, 0.5) is 35.1 Å². The Hall–Kier alpha value is -0.250. The van der Waals surface area contributed by atoms with Crippen LogP contribution in [0.25, 0.3) is 0 Å². The lowest BCUT2D eigenvalue weighted by molar-refractivity contribution is -0.342. The highest BCUT2D eigenvalue weighted by molar-refractivity contribution is 7.60. The van der Waals surface area contributed by atoms with E-state index in [4.69, 9.17) is 9.05 Å². The molecule has 1 heterocycles. The molecule has 1 rings (SSSR count). The maximum Gasteiger partial charge on any atom is 0.408 e. The van der Waals surface area contributed by atoms with E-state index < -0.39 is 38.7 Å². The molecule has 0 spiro atoms. The Morgan fingerprint density at radius 3 is 1.95 bits per heavy atom. The molecular formula is C9H12F8O3P+. The largest absolute Gasteiger partial charge is 0.408 e. The number of halogens is 8. The van der Waals surface area contributed by atoms with Crippen LogP contribution in [0.2, 0.25) is 0 Å². The summed E-state index contributed by atoms with van der Waals surface area (Å²) in [5.41, 5.74) is 0. The molecule has 126 valence electrons. The molecule has 1 fully saturated rings. The van der Waals surface area contributed by atoms with Crippen molar-refractivity contribution in [3.05, 3.63) is 0 Å². The van der Waals surface area contributed by atoms with E-state index in [1.807, 2.05) is 0 Å². The molecule has 0 aromatic rings. The third-order valence-corrected chi connectivity index (χ3v) is 4.47. The van der Waals surface area contributed by atoms with Crippen molar-refractivity contribution in [2.75, 3.05) is 26.5 Å². The lowest BCUT2D eigenvalue weighted by atomic mass is 10.1. The lowest BCUT2D eigenvalue weighted by Crippen LogP contribution is -2.59. The highest BCUT2D eigenvalue weighted by Crippen LogP contribution is 2.61. The monoisotopic (exact) mass is 351 g/mol. The van der Waals surface area contributed by atoms with Crippen molar-refractivity contribution in [1.29, 1.82) is 0 Å². The van der Waals surface area contributed by atoms with E-state index in [1.54, 1.807) is 0 Å². The summed E-state index contributed by atoms with van der Waals surface area (Å²) in [4.78, 5) is 0. The van der Waals surface area contributed by atoms with Crippen LogP contribution in [-0.4, -0.2) is 50.7 Å². The quantitative estimate of drug-likeness (QED) is 0.535. The van der Waals surface area contributed by atoms with Crippen LogP contribution in [0.5, 0.6) is 0 Å². The van der Waals surface area contributed by atoms with Gasteiger partial charge in [-0.3, -0.25) is 0 Å². The minimum atomic E-state index is -6.29. The van der Waals surface area contributed by atoms with E-state index in [9.17, 15) is 35.1 Å². The zero-order chi connectivity index (χ0) is 16.5. The fraction of sp³-hybridized carbons (Fsp3) is 1.00. The lowest BCUT2D eigenvalue weighted by Gasteiger charge is -2.32. The van der Waals surface area contributed by atoms with Gasteiger partial charge in [-0.15, -0.1) is 0 Å². The van der Waals surface area contributed by atoms with Gasteiger partial charge in [0.15, 0.2) is 6.61 Å². The number of hydrogen-bond donors (Lipinski definition) is 0. The van der Waals surface area contributed by atoms with Crippen molar-refractivity contribution in [2.45, 2.75) is 30.6 Å². The van der Waals surface area contributed by atoms with Gasteiger partial charge in [0, 0.05) is 6.42 Å². The van der Waals surface area contributed by atoms with Gasteiger partial charge in [-0.1, -0.05) is 0 Å². The highest BCUT2D eigenvalue weighted by Gasteiger charge is 2.76. The van der Waals surface area contributed by atoms with E-state index in [1.165, 1.54) is 0 Å². The molecule has 0 unspecified atom stereocenters. The van der Waals surface area contributed by atoms with Crippen molar-refractivity contribution in [1.82, 2.24) is 0 Å². The predicted molar refractivity (Wildman–Crippen MR) is 56.2 cm³/mol. The van der Waals surface area contributed by atoms with Crippen LogP contribution >= 0.6 is 7.94 Å². The van der Waals surface area contributed by atoms with E-state index >= 15 is 0 Å². The molecule has 0 N–H and O–H groups in total. The highest BCUT2D eigenvalue weighted by atomic mass is 31.2. The summed E-state index contributed by atoms with van der Waals surface area (Å²) in [5.74, 6) is -18.0. The SMILES string of the molecule is C[P+]1(OCC(F)(F)C(F)(F)C(F)(F)C(F)F)OCCCO1. The molecule has 0 aromatic carbocycles. The van der Waals surface area contributed by atoms with Crippen molar-refractivity contribution in [3.8, 4) is 0 Å². The first-order valence-corrected chi connectivity index (χ1v) is 7.56. The van der Waals surface area contributed by atoms with Crippen LogP contribution in [-0.2, 0) is 13.6 Å². The van der Waals surface area contributed by atoms with Crippen LogP contribution in [0, 0.1) is 0 Å². The number of alkyl halides is 8. The van der Waals surface area contributed by atoms with Gasteiger partial charge in [-0.05, 0) is 0 Å². The molecule has 0 aliphatic carbocycles. The van der Waals surface area contributed by atoms with Gasteiger partial charge >= 0.3 is 32.1 Å². The summed E-state index contributed by atoms with van der Waals surface area (Å²) in [6.45, 7) is -1.04. The van der Waals surface area contributed by atoms with Gasteiger partial charge in [-0.2, -0.15) is 39.9 Å². The van der Waals surface area contributed by atoms with E-state index in [0.29, 0.717) is 6.42 Å². The Morgan fingerprint density at radius 2 is 1.52 bits per heavy atom. The van der Waals surface area contributed by atoms with Crippen LogP contribution in [0.3, 0.4) is 0 Å². The topological polar surface area (TPSA) is 27.7 Å². The average molecular weight is 351 g/mol. The van der Waals surface area contributed by atoms with E-state index in [0.717, 1.165) is 6.66 Å². The Morgan fingerprint density at radius 1 is 1.05 bits per heavy atom. The second-order valence-electron chi connectivity index (χ2n) is 4.27. The molecular weight excluding hydrogens is 339 g/mol. The van der Waals surface area contributed by atoms with Crippen LogP contribution in [0.1, 0.15) is 6.42 Å². The smallest absolute Gasteiger partial charge is 0.203 e. The van der Waals surface area contributed by atoms with Gasteiger partial charge in [0.2, 0.25) is 0 Å². The third kappa shape index (κ3) is 3.75. The van der Waals surface area contributed by atoms with Crippen molar-refractivity contribution in [3.63, 3.8) is 0 Å². The zero-order valence-corrected chi connectivity index (χ0v) is 11.5. The van der Waals surface area contributed by atoms with E-state index in [-0.39, 0.29) is 13.2 Å². The fourth-order valence-corrected chi connectivity index (χ4v) is 2.84. The van der Waals surface area contributed by atoms with Gasteiger partial charge < -0.3 is 0 Å². The summed E-state index contributed by atoms with van der Waals surface area (Å²) < 4.78 is 115. The van der Waals surface area contributed by atoms with Crippen LogP contribution < -0.4 is 0 Å². The molecule has 0 radical (unpaired) electrons. The third-order valence-electron chi connectivity index (χ3n) is 2.57. The van der Waals surface area contributed by atoms with Crippen molar-refractivity contribution >= 4 is 7.94 Å². The molecule has 12 heteroatoms. The fourth-order valence-electron chi connectivity index (χ4n) is 1.30. The normalized spacial score (nSPS) is 20.9. The van der Waals surface area contributed by atoms with Crippen molar-refractivity contribution < 1.29 is 48.7 Å². The summed E-state index contributed by atoms with van der Waals surface area (Å²) in [5, 5.41) is 0. The first-order chi connectivity index (χ1) is 9.36. The Bertz CT molecular complexity index is 359. The molecule has 0 saturated carbocycles. The second kappa shape index (κ2) is 6.10. The zero-order valence-electron chi connectivity index (χ0n) is 10.6. The maximum absolute atomic E-state index is 13.2. The average Bonchev–Trinajstić information content (AvgIpc) is 2.37. The molecule has 0 aromatic heterocycles. The molecule has 0 atom stereocenters. The van der Waals surface area contributed by atoms with E-state index in [2.05, 4.69) is 4.52 Å². The maximum atomic E-state index is 13.2. The van der Waals surface area contributed by atoms with Gasteiger partial charge in [-0.25, -0.2) is 8.78 Å². The standard InChI is InChI=1S/C9H12F8O3P/c1-21(18-3-2-4-19-21)20-5-7(12,13)9(16,17)8(14,15)6(10)11/h6H,2-5H2,1H3/q+1. The molecule has 1 aliphatic rings. The number of hydrogen-bond acceptors (Lipinski definition) is 3. The molecule has 0 bridgehead atoms. The van der Waals surface area contributed by atoms with Crippen molar-refractivity contribution in [2.24, 2.45) is 0 Å². The summed E-state index contributed by atoms with van der Waals surface area (Å²) >= 11 is 0. The first kappa shape index (κ1) is 18.8. The molecule has 0 amide bonds. The number of rotatable bonds is 6. The second-order valence-corrected chi connectivity index (χ2v) is 6.58.